The van der Waals surface area contributed by atoms with E-state index in [0.717, 1.165) is 24.0 Å². The van der Waals surface area contributed by atoms with E-state index >= 15 is 0 Å². The Balaban J connectivity index is 1.89. The average Bonchev–Trinajstić information content (AvgIpc) is 2.81. The second-order valence-corrected chi connectivity index (χ2v) is 5.04. The third kappa shape index (κ3) is 3.09. The lowest BCUT2D eigenvalue weighted by atomic mass is 10.0. The molecule has 2 rings (SSSR count). The number of aromatic amines is 1. The van der Waals surface area contributed by atoms with Crippen molar-refractivity contribution in [3.8, 4) is 0 Å². The number of nitrogens with one attached hydrogen (secondary N) is 2. The molecule has 4 N–H and O–H groups in total. The zero-order valence-electron chi connectivity index (χ0n) is 11.1. The van der Waals surface area contributed by atoms with Crippen molar-refractivity contribution < 1.29 is 0 Å². The highest BCUT2D eigenvalue weighted by Gasteiger charge is 2.09. The first-order valence-electron chi connectivity index (χ1n) is 6.56. The smallest absolute Gasteiger partial charge is 0.0931 e. The lowest BCUT2D eigenvalue weighted by Gasteiger charge is -2.20. The zero-order valence-corrected chi connectivity index (χ0v) is 11.1. The van der Waals surface area contributed by atoms with Crippen molar-refractivity contribution in [3.05, 3.63) is 30.1 Å². The number of benzene rings is 1. The standard InChI is InChI=1S/C14H22N4/c1-10(2)14(8-15)16-6-5-11-3-4-12-13(7-11)18-9-17-12/h3-4,7,9-10,14,16H,5-6,8,15H2,1-2H3,(H,17,18). The molecule has 4 heteroatoms. The molecule has 0 aliphatic heterocycles. The fourth-order valence-corrected chi connectivity index (χ4v) is 2.13. The van der Waals surface area contributed by atoms with E-state index in [9.17, 15) is 0 Å². The van der Waals surface area contributed by atoms with Crippen LogP contribution in [-0.4, -0.2) is 29.1 Å². The molecule has 0 saturated heterocycles. The molecule has 0 radical (unpaired) electrons. The van der Waals surface area contributed by atoms with Crippen LogP contribution in [0.25, 0.3) is 11.0 Å². The van der Waals surface area contributed by atoms with Crippen LogP contribution >= 0.6 is 0 Å². The van der Waals surface area contributed by atoms with Crippen molar-refractivity contribution in [1.82, 2.24) is 15.3 Å². The van der Waals surface area contributed by atoms with E-state index in [4.69, 9.17) is 5.73 Å². The number of H-pyrrole nitrogens is 1. The molecule has 0 saturated carbocycles. The summed E-state index contributed by atoms with van der Waals surface area (Å²) in [4.78, 5) is 7.35. The highest BCUT2D eigenvalue weighted by molar-refractivity contribution is 5.75. The molecule has 18 heavy (non-hydrogen) atoms. The lowest BCUT2D eigenvalue weighted by Crippen LogP contribution is -2.41. The number of hydrogen-bond acceptors (Lipinski definition) is 3. The Hall–Kier alpha value is -1.39. The van der Waals surface area contributed by atoms with Crippen molar-refractivity contribution in [1.29, 1.82) is 0 Å². The Morgan fingerprint density at radius 1 is 1.39 bits per heavy atom. The van der Waals surface area contributed by atoms with Gasteiger partial charge in [-0.05, 0) is 36.6 Å². The minimum atomic E-state index is 0.404. The Bertz CT molecular complexity index is 489. The molecule has 0 aliphatic carbocycles. The minimum absolute atomic E-state index is 0.404. The lowest BCUT2D eigenvalue weighted by molar-refractivity contribution is 0.409. The Morgan fingerprint density at radius 3 is 2.94 bits per heavy atom. The number of imidazole rings is 1. The molecule has 0 amide bonds. The van der Waals surface area contributed by atoms with Gasteiger partial charge in [0.05, 0.1) is 17.4 Å². The third-order valence-electron chi connectivity index (χ3n) is 3.36. The summed E-state index contributed by atoms with van der Waals surface area (Å²) >= 11 is 0. The summed E-state index contributed by atoms with van der Waals surface area (Å²) in [7, 11) is 0. The molecule has 0 aliphatic rings. The largest absolute Gasteiger partial charge is 0.345 e. The maximum Gasteiger partial charge on any atom is 0.0931 e. The maximum atomic E-state index is 5.74. The predicted molar refractivity (Wildman–Crippen MR) is 75.5 cm³/mol. The van der Waals surface area contributed by atoms with E-state index in [1.165, 1.54) is 5.56 Å². The predicted octanol–water partition coefficient (Wildman–Crippen LogP) is 1.68. The van der Waals surface area contributed by atoms with Gasteiger partial charge in [0.25, 0.3) is 0 Å². The van der Waals surface area contributed by atoms with Crippen molar-refractivity contribution >= 4 is 11.0 Å². The van der Waals surface area contributed by atoms with Crippen LogP contribution < -0.4 is 11.1 Å². The summed E-state index contributed by atoms with van der Waals surface area (Å²) in [5.41, 5.74) is 9.18. The molecular formula is C14H22N4. The van der Waals surface area contributed by atoms with Crippen LogP contribution in [0, 0.1) is 5.92 Å². The molecule has 1 unspecified atom stereocenters. The normalized spacial score (nSPS) is 13.3. The summed E-state index contributed by atoms with van der Waals surface area (Å²) in [6.45, 7) is 6.04. The maximum absolute atomic E-state index is 5.74. The van der Waals surface area contributed by atoms with Gasteiger partial charge >= 0.3 is 0 Å². The topological polar surface area (TPSA) is 66.7 Å². The highest BCUT2D eigenvalue weighted by atomic mass is 14.9. The molecule has 2 aromatic rings. The summed E-state index contributed by atoms with van der Waals surface area (Å²) in [5, 5.41) is 3.51. The molecule has 0 spiro atoms. The van der Waals surface area contributed by atoms with E-state index in [0.29, 0.717) is 18.5 Å². The van der Waals surface area contributed by atoms with Crippen molar-refractivity contribution in [2.24, 2.45) is 11.7 Å². The van der Waals surface area contributed by atoms with E-state index in [-0.39, 0.29) is 0 Å². The van der Waals surface area contributed by atoms with Gasteiger partial charge in [-0.15, -0.1) is 0 Å². The summed E-state index contributed by atoms with van der Waals surface area (Å²) in [6, 6.07) is 6.76. The van der Waals surface area contributed by atoms with Crippen LogP contribution in [0.5, 0.6) is 0 Å². The first kappa shape index (κ1) is 13.1. The Kier molecular flexibility index (Phi) is 4.33. The zero-order chi connectivity index (χ0) is 13.0. The number of hydrogen-bond donors (Lipinski definition) is 3. The molecule has 1 atom stereocenters. The van der Waals surface area contributed by atoms with Crippen molar-refractivity contribution in [3.63, 3.8) is 0 Å². The minimum Gasteiger partial charge on any atom is -0.345 e. The number of aromatic nitrogens is 2. The second-order valence-electron chi connectivity index (χ2n) is 5.04. The van der Waals surface area contributed by atoms with Gasteiger partial charge in [0.1, 0.15) is 0 Å². The van der Waals surface area contributed by atoms with Crippen molar-refractivity contribution in [2.45, 2.75) is 26.3 Å². The molecule has 98 valence electrons. The number of nitrogens with zero attached hydrogens (tertiary/aromatic N) is 1. The first-order chi connectivity index (χ1) is 8.70. The quantitative estimate of drug-likeness (QED) is 0.726. The van der Waals surface area contributed by atoms with Crippen molar-refractivity contribution in [2.75, 3.05) is 13.1 Å². The van der Waals surface area contributed by atoms with Crippen LogP contribution in [-0.2, 0) is 6.42 Å². The molecule has 0 fully saturated rings. The fourth-order valence-electron chi connectivity index (χ4n) is 2.13. The van der Waals surface area contributed by atoms with Gasteiger partial charge in [-0.2, -0.15) is 0 Å². The van der Waals surface area contributed by atoms with Gasteiger partial charge < -0.3 is 16.0 Å². The van der Waals surface area contributed by atoms with Gasteiger partial charge in [0, 0.05) is 12.6 Å². The first-order valence-corrected chi connectivity index (χ1v) is 6.56. The summed E-state index contributed by atoms with van der Waals surface area (Å²) < 4.78 is 0. The van der Waals surface area contributed by atoms with Gasteiger partial charge in [-0.1, -0.05) is 19.9 Å². The summed E-state index contributed by atoms with van der Waals surface area (Å²) in [5.74, 6) is 0.574. The average molecular weight is 246 g/mol. The number of rotatable bonds is 6. The van der Waals surface area contributed by atoms with E-state index in [1.54, 1.807) is 6.33 Å². The van der Waals surface area contributed by atoms with Crippen LogP contribution in [0.4, 0.5) is 0 Å². The van der Waals surface area contributed by atoms with Gasteiger partial charge in [0.2, 0.25) is 0 Å². The SMILES string of the molecule is CC(C)C(CN)NCCc1ccc2nc[nH]c2c1. The second kappa shape index (κ2) is 5.98. The van der Waals surface area contributed by atoms with E-state index < -0.39 is 0 Å². The fraction of sp³-hybridized carbons (Fsp3) is 0.500. The molecule has 1 aromatic carbocycles. The van der Waals surface area contributed by atoms with Gasteiger partial charge in [-0.25, -0.2) is 4.98 Å². The van der Waals surface area contributed by atoms with Crippen LogP contribution in [0.15, 0.2) is 24.5 Å². The Morgan fingerprint density at radius 2 is 2.22 bits per heavy atom. The van der Waals surface area contributed by atoms with E-state index in [1.807, 2.05) is 0 Å². The van der Waals surface area contributed by atoms with Gasteiger partial charge in [0.15, 0.2) is 0 Å². The molecule has 4 nitrogen and oxygen atoms in total. The summed E-state index contributed by atoms with van der Waals surface area (Å²) in [6.07, 6.45) is 2.74. The monoisotopic (exact) mass is 246 g/mol. The number of nitrogens with two attached hydrogens (primary N) is 1. The third-order valence-corrected chi connectivity index (χ3v) is 3.36. The number of fused-ring (bicyclic) bond motifs is 1. The van der Waals surface area contributed by atoms with Crippen LogP contribution in [0.2, 0.25) is 0 Å². The molecule has 1 heterocycles. The molecular weight excluding hydrogens is 224 g/mol. The van der Waals surface area contributed by atoms with Gasteiger partial charge in [-0.3, -0.25) is 0 Å². The van der Waals surface area contributed by atoms with Crippen LogP contribution in [0.1, 0.15) is 19.4 Å². The highest BCUT2D eigenvalue weighted by Crippen LogP contribution is 2.11. The van der Waals surface area contributed by atoms with Crippen LogP contribution in [0.3, 0.4) is 0 Å². The molecule has 1 aromatic heterocycles. The Labute approximate surface area is 108 Å². The molecule has 0 bridgehead atoms. The van der Waals surface area contributed by atoms with E-state index in [2.05, 4.69) is 47.3 Å².